The van der Waals surface area contributed by atoms with E-state index in [4.69, 9.17) is 8.83 Å². The summed E-state index contributed by atoms with van der Waals surface area (Å²) in [7, 11) is 0. The van der Waals surface area contributed by atoms with E-state index >= 15 is 0 Å². The number of likely N-dealkylation sites (tertiary alicyclic amines) is 1. The van der Waals surface area contributed by atoms with Gasteiger partial charge in [0, 0.05) is 13.1 Å². The van der Waals surface area contributed by atoms with Crippen molar-refractivity contribution >= 4 is 17.7 Å². The SMILES string of the molecule is O=C(NCCN1CCCC1)c1coc(CSc2nnc(-c3ccco3)n2-c2cccc(C(F)(F)F)c2)n1. The zero-order valence-corrected chi connectivity index (χ0v) is 20.4. The highest BCUT2D eigenvalue weighted by Gasteiger charge is 2.31. The lowest BCUT2D eigenvalue weighted by atomic mass is 10.2. The Morgan fingerprint density at radius 2 is 1.95 bits per heavy atom. The molecule has 1 fully saturated rings. The van der Waals surface area contributed by atoms with Crippen LogP contribution in [-0.4, -0.2) is 56.7 Å². The number of aromatic nitrogens is 4. The van der Waals surface area contributed by atoms with Gasteiger partial charge >= 0.3 is 6.18 Å². The molecule has 4 heterocycles. The van der Waals surface area contributed by atoms with Gasteiger partial charge in [-0.3, -0.25) is 9.36 Å². The maximum absolute atomic E-state index is 13.4. The smallest absolute Gasteiger partial charge is 0.416 e. The van der Waals surface area contributed by atoms with Crippen LogP contribution < -0.4 is 5.32 Å². The van der Waals surface area contributed by atoms with Gasteiger partial charge in [0.05, 0.1) is 23.3 Å². The first kappa shape index (κ1) is 25.1. The molecule has 1 saturated heterocycles. The third kappa shape index (κ3) is 5.88. The monoisotopic (exact) mass is 532 g/mol. The molecule has 3 aromatic heterocycles. The molecule has 1 aliphatic rings. The molecule has 5 rings (SSSR count). The highest BCUT2D eigenvalue weighted by molar-refractivity contribution is 7.98. The number of hydrogen-bond donors (Lipinski definition) is 1. The minimum absolute atomic E-state index is 0.160. The van der Waals surface area contributed by atoms with E-state index in [1.165, 1.54) is 42.1 Å². The molecule has 13 heteroatoms. The fraction of sp³-hybridized carbons (Fsp3) is 0.333. The number of rotatable bonds is 9. The Bertz CT molecular complexity index is 1350. The Balaban J connectivity index is 1.30. The normalized spacial score (nSPS) is 14.4. The van der Waals surface area contributed by atoms with E-state index in [1.807, 2.05) is 0 Å². The van der Waals surface area contributed by atoms with E-state index in [0.717, 1.165) is 43.5 Å². The molecule has 1 aliphatic heterocycles. The summed E-state index contributed by atoms with van der Waals surface area (Å²) in [5.74, 6) is 0.716. The van der Waals surface area contributed by atoms with Crippen LogP contribution in [0.15, 0.2) is 62.9 Å². The second-order valence-electron chi connectivity index (χ2n) is 8.39. The summed E-state index contributed by atoms with van der Waals surface area (Å²) in [6, 6.07) is 8.17. The van der Waals surface area contributed by atoms with Crippen molar-refractivity contribution in [2.24, 2.45) is 0 Å². The third-order valence-electron chi connectivity index (χ3n) is 5.83. The van der Waals surface area contributed by atoms with E-state index in [2.05, 4.69) is 25.4 Å². The number of amides is 1. The Morgan fingerprint density at radius 1 is 1.11 bits per heavy atom. The molecule has 0 saturated carbocycles. The molecule has 1 aromatic carbocycles. The lowest BCUT2D eigenvalue weighted by molar-refractivity contribution is -0.137. The van der Waals surface area contributed by atoms with Crippen LogP contribution >= 0.6 is 11.8 Å². The van der Waals surface area contributed by atoms with Gasteiger partial charge in [0.15, 0.2) is 16.6 Å². The number of oxazole rings is 1. The number of furan rings is 1. The highest BCUT2D eigenvalue weighted by Crippen LogP contribution is 2.34. The second kappa shape index (κ2) is 10.8. The van der Waals surface area contributed by atoms with E-state index < -0.39 is 11.7 Å². The molecule has 0 radical (unpaired) electrons. The molecule has 194 valence electrons. The van der Waals surface area contributed by atoms with Crippen molar-refractivity contribution in [1.82, 2.24) is 30.0 Å². The van der Waals surface area contributed by atoms with Crippen LogP contribution in [0.5, 0.6) is 0 Å². The van der Waals surface area contributed by atoms with Gasteiger partial charge in [-0.25, -0.2) is 4.98 Å². The standard InChI is InChI=1S/C24H23F3N6O3S/c25-24(26,27)16-5-3-6-17(13-16)33-21(19-7-4-12-35-19)30-31-23(33)37-15-20-29-18(14-36-20)22(34)28-8-11-32-9-1-2-10-32/h3-7,12-14H,1-2,8-11,15H2,(H,28,34). The van der Waals surface area contributed by atoms with Gasteiger partial charge in [-0.15, -0.1) is 10.2 Å². The molecule has 0 unspecified atom stereocenters. The molecule has 1 N–H and O–H groups in total. The maximum atomic E-state index is 13.4. The lowest BCUT2D eigenvalue weighted by Gasteiger charge is -2.14. The highest BCUT2D eigenvalue weighted by atomic mass is 32.2. The molecular formula is C24H23F3N6O3S. The molecule has 1 amide bonds. The zero-order chi connectivity index (χ0) is 25.8. The van der Waals surface area contributed by atoms with Crippen LogP contribution in [0.4, 0.5) is 13.2 Å². The van der Waals surface area contributed by atoms with Gasteiger partial charge in [0.1, 0.15) is 6.26 Å². The number of alkyl halides is 3. The largest absolute Gasteiger partial charge is 0.461 e. The van der Waals surface area contributed by atoms with Gasteiger partial charge in [0.2, 0.25) is 11.7 Å². The third-order valence-corrected chi connectivity index (χ3v) is 6.74. The number of carbonyl (C=O) groups excluding carboxylic acids is 1. The van der Waals surface area contributed by atoms with Gasteiger partial charge in [0.25, 0.3) is 5.91 Å². The number of carbonyl (C=O) groups is 1. The van der Waals surface area contributed by atoms with Crippen LogP contribution in [0.3, 0.4) is 0 Å². The fourth-order valence-corrected chi connectivity index (χ4v) is 4.82. The quantitative estimate of drug-likeness (QED) is 0.311. The van der Waals surface area contributed by atoms with Crippen molar-refractivity contribution in [3.63, 3.8) is 0 Å². The lowest BCUT2D eigenvalue weighted by Crippen LogP contribution is -2.33. The summed E-state index contributed by atoms with van der Waals surface area (Å²) in [5.41, 5.74) is -0.417. The summed E-state index contributed by atoms with van der Waals surface area (Å²) < 4.78 is 52.4. The Kier molecular flexibility index (Phi) is 7.33. The van der Waals surface area contributed by atoms with Crippen LogP contribution in [0.1, 0.15) is 34.8 Å². The zero-order valence-electron chi connectivity index (χ0n) is 19.6. The van der Waals surface area contributed by atoms with Crippen molar-refractivity contribution in [1.29, 1.82) is 0 Å². The van der Waals surface area contributed by atoms with Crippen LogP contribution in [0, 0.1) is 0 Å². The Morgan fingerprint density at radius 3 is 2.70 bits per heavy atom. The summed E-state index contributed by atoms with van der Waals surface area (Å²) in [5, 5.41) is 11.4. The molecule has 0 spiro atoms. The molecule has 4 aromatic rings. The molecule has 0 bridgehead atoms. The average molecular weight is 533 g/mol. The van der Waals surface area contributed by atoms with E-state index in [9.17, 15) is 18.0 Å². The number of nitrogens with zero attached hydrogens (tertiary/aromatic N) is 5. The number of nitrogens with one attached hydrogen (secondary N) is 1. The first-order valence-electron chi connectivity index (χ1n) is 11.6. The van der Waals surface area contributed by atoms with Crippen molar-refractivity contribution in [3.05, 3.63) is 66.1 Å². The summed E-state index contributed by atoms with van der Waals surface area (Å²) in [6.45, 7) is 3.41. The first-order chi connectivity index (χ1) is 17.9. The van der Waals surface area contributed by atoms with Gasteiger partial charge in [-0.05, 0) is 56.3 Å². The van der Waals surface area contributed by atoms with Gasteiger partial charge in [-0.2, -0.15) is 13.2 Å². The second-order valence-corrected chi connectivity index (χ2v) is 9.33. The number of benzene rings is 1. The Hall–Kier alpha value is -3.58. The molecule has 9 nitrogen and oxygen atoms in total. The minimum Gasteiger partial charge on any atom is -0.461 e. The number of halogens is 3. The maximum Gasteiger partial charge on any atom is 0.416 e. The number of thioether (sulfide) groups is 1. The molecule has 37 heavy (non-hydrogen) atoms. The summed E-state index contributed by atoms with van der Waals surface area (Å²) in [4.78, 5) is 18.9. The fourth-order valence-electron chi connectivity index (χ4n) is 4.01. The predicted molar refractivity (Wildman–Crippen MR) is 128 cm³/mol. The average Bonchev–Trinajstić information content (AvgIpc) is 3.69. The van der Waals surface area contributed by atoms with Gasteiger partial charge < -0.3 is 19.1 Å². The molecule has 0 atom stereocenters. The summed E-state index contributed by atoms with van der Waals surface area (Å²) in [6.07, 6.45) is 0.585. The predicted octanol–water partition coefficient (Wildman–Crippen LogP) is 4.65. The Labute approximate surface area is 214 Å². The van der Waals surface area contributed by atoms with Gasteiger partial charge in [-0.1, -0.05) is 17.8 Å². The van der Waals surface area contributed by atoms with Crippen molar-refractivity contribution in [3.8, 4) is 17.3 Å². The van der Waals surface area contributed by atoms with Crippen LogP contribution in [-0.2, 0) is 11.9 Å². The molecular weight excluding hydrogens is 509 g/mol. The van der Waals surface area contributed by atoms with Crippen molar-refractivity contribution in [2.45, 2.75) is 29.9 Å². The number of hydrogen-bond acceptors (Lipinski definition) is 8. The van der Waals surface area contributed by atoms with E-state index in [-0.39, 0.29) is 34.8 Å². The van der Waals surface area contributed by atoms with E-state index in [1.54, 1.807) is 12.1 Å². The van der Waals surface area contributed by atoms with Crippen LogP contribution in [0.25, 0.3) is 17.3 Å². The summed E-state index contributed by atoms with van der Waals surface area (Å²) >= 11 is 1.16. The molecule has 0 aliphatic carbocycles. The van der Waals surface area contributed by atoms with Crippen LogP contribution in [0.2, 0.25) is 0 Å². The topological polar surface area (TPSA) is 102 Å². The minimum atomic E-state index is -4.51. The van der Waals surface area contributed by atoms with E-state index in [0.29, 0.717) is 17.5 Å². The first-order valence-corrected chi connectivity index (χ1v) is 12.6. The van der Waals surface area contributed by atoms with Crippen molar-refractivity contribution in [2.75, 3.05) is 26.2 Å². The van der Waals surface area contributed by atoms with Crippen molar-refractivity contribution < 1.29 is 26.8 Å².